The molecule has 0 bridgehead atoms. The molecule has 0 saturated heterocycles. The zero-order valence-electron chi connectivity index (χ0n) is 10.7. The minimum Gasteiger partial charge on any atom is -0.463 e. The van der Waals surface area contributed by atoms with Crippen molar-refractivity contribution < 1.29 is 4.74 Å². The van der Waals surface area contributed by atoms with Crippen LogP contribution in [0.15, 0.2) is 6.20 Å². The highest BCUT2D eigenvalue weighted by molar-refractivity contribution is 6.17. The maximum absolute atomic E-state index is 5.74. The smallest absolute Gasteiger partial charge is 0.316 e. The summed E-state index contributed by atoms with van der Waals surface area (Å²) >= 11 is 5.74. The van der Waals surface area contributed by atoms with E-state index in [1.807, 2.05) is 6.92 Å². The van der Waals surface area contributed by atoms with Gasteiger partial charge in [0.05, 0.1) is 12.5 Å². The van der Waals surface area contributed by atoms with Crippen molar-refractivity contribution in [3.8, 4) is 6.01 Å². The third-order valence-electron chi connectivity index (χ3n) is 2.68. The fraction of sp³-hybridized carbons (Fsp3) is 0.692. The second-order valence-electron chi connectivity index (χ2n) is 4.16. The average Bonchev–Trinajstić information content (AvgIpc) is 2.34. The summed E-state index contributed by atoms with van der Waals surface area (Å²) in [5.74, 6) is 0.448. The lowest BCUT2D eigenvalue weighted by Gasteiger charge is -2.06. The van der Waals surface area contributed by atoms with E-state index in [-0.39, 0.29) is 0 Å². The van der Waals surface area contributed by atoms with Crippen molar-refractivity contribution in [2.24, 2.45) is 0 Å². The molecule has 0 fully saturated rings. The molecule has 1 aromatic heterocycles. The summed E-state index contributed by atoms with van der Waals surface area (Å²) in [6.45, 7) is 4.84. The molecule has 4 heteroatoms. The molecule has 17 heavy (non-hydrogen) atoms. The molecule has 96 valence electrons. The van der Waals surface area contributed by atoms with Gasteiger partial charge in [-0.25, -0.2) is 9.97 Å². The monoisotopic (exact) mass is 256 g/mol. The Kier molecular flexibility index (Phi) is 6.94. The van der Waals surface area contributed by atoms with Crippen molar-refractivity contribution in [1.82, 2.24) is 9.97 Å². The maximum Gasteiger partial charge on any atom is 0.316 e. The first-order chi connectivity index (χ1) is 8.27. The summed E-state index contributed by atoms with van der Waals surface area (Å²) in [4.78, 5) is 8.39. The van der Waals surface area contributed by atoms with Crippen LogP contribution >= 0.6 is 11.6 Å². The van der Waals surface area contributed by atoms with Crippen LogP contribution in [0.1, 0.15) is 50.3 Å². The topological polar surface area (TPSA) is 35.0 Å². The SMILES string of the molecule is CCCCCCCOc1ncc(CCl)c(C)n1. The highest BCUT2D eigenvalue weighted by Crippen LogP contribution is 2.11. The van der Waals surface area contributed by atoms with E-state index >= 15 is 0 Å². The van der Waals surface area contributed by atoms with Gasteiger partial charge in [0.15, 0.2) is 0 Å². The van der Waals surface area contributed by atoms with Gasteiger partial charge in [-0.15, -0.1) is 11.6 Å². The Labute approximate surface area is 109 Å². The molecular weight excluding hydrogens is 236 g/mol. The van der Waals surface area contributed by atoms with Gasteiger partial charge in [-0.1, -0.05) is 32.6 Å². The molecular formula is C13H21ClN2O. The van der Waals surface area contributed by atoms with Gasteiger partial charge in [0.1, 0.15) is 0 Å². The van der Waals surface area contributed by atoms with Crippen LogP contribution in [0, 0.1) is 6.92 Å². The van der Waals surface area contributed by atoms with Gasteiger partial charge in [-0.05, 0) is 13.3 Å². The van der Waals surface area contributed by atoms with Gasteiger partial charge in [0.2, 0.25) is 0 Å². The van der Waals surface area contributed by atoms with Crippen LogP contribution in [0.25, 0.3) is 0 Å². The molecule has 0 spiro atoms. The Hall–Kier alpha value is -0.830. The third-order valence-corrected chi connectivity index (χ3v) is 2.97. The number of aryl methyl sites for hydroxylation is 1. The molecule has 1 heterocycles. The van der Waals surface area contributed by atoms with E-state index in [4.69, 9.17) is 16.3 Å². The van der Waals surface area contributed by atoms with Crippen molar-refractivity contribution in [1.29, 1.82) is 0 Å². The van der Waals surface area contributed by atoms with E-state index in [1.54, 1.807) is 6.20 Å². The minimum absolute atomic E-state index is 0.448. The van der Waals surface area contributed by atoms with Crippen LogP contribution < -0.4 is 4.74 Å². The second kappa shape index (κ2) is 8.29. The molecule has 0 unspecified atom stereocenters. The molecule has 0 aliphatic heterocycles. The Morgan fingerprint density at radius 2 is 2.00 bits per heavy atom. The minimum atomic E-state index is 0.448. The van der Waals surface area contributed by atoms with Crippen molar-refractivity contribution >= 4 is 11.6 Å². The van der Waals surface area contributed by atoms with Gasteiger partial charge in [0, 0.05) is 17.5 Å². The summed E-state index contributed by atoms with van der Waals surface area (Å²) in [5, 5.41) is 0. The fourth-order valence-electron chi connectivity index (χ4n) is 1.54. The molecule has 0 radical (unpaired) electrons. The molecule has 1 rings (SSSR count). The van der Waals surface area contributed by atoms with Gasteiger partial charge >= 0.3 is 6.01 Å². The Balaban J connectivity index is 2.25. The summed E-state index contributed by atoms with van der Waals surface area (Å²) in [7, 11) is 0. The van der Waals surface area contributed by atoms with Crippen LogP contribution in [0.5, 0.6) is 6.01 Å². The highest BCUT2D eigenvalue weighted by atomic mass is 35.5. The number of hydrogen-bond donors (Lipinski definition) is 0. The first-order valence-corrected chi connectivity index (χ1v) is 6.82. The normalized spacial score (nSPS) is 10.5. The number of alkyl halides is 1. The number of unbranched alkanes of at least 4 members (excludes halogenated alkanes) is 4. The molecule has 0 atom stereocenters. The molecule has 0 aliphatic rings. The van der Waals surface area contributed by atoms with Crippen molar-refractivity contribution in [3.63, 3.8) is 0 Å². The first-order valence-electron chi connectivity index (χ1n) is 6.29. The Morgan fingerprint density at radius 1 is 1.24 bits per heavy atom. The molecule has 0 amide bonds. The highest BCUT2D eigenvalue weighted by Gasteiger charge is 2.02. The first kappa shape index (κ1) is 14.2. The van der Waals surface area contributed by atoms with Crippen molar-refractivity contribution in [3.05, 3.63) is 17.5 Å². The molecule has 0 aliphatic carbocycles. The second-order valence-corrected chi connectivity index (χ2v) is 4.43. The Morgan fingerprint density at radius 3 is 2.65 bits per heavy atom. The van der Waals surface area contributed by atoms with Crippen LogP contribution in [0.3, 0.4) is 0 Å². The van der Waals surface area contributed by atoms with E-state index in [1.165, 1.54) is 25.7 Å². The van der Waals surface area contributed by atoms with Crippen molar-refractivity contribution in [2.45, 2.75) is 51.8 Å². The van der Waals surface area contributed by atoms with Crippen LogP contribution in [-0.4, -0.2) is 16.6 Å². The summed E-state index contributed by atoms with van der Waals surface area (Å²) < 4.78 is 5.50. The predicted molar refractivity (Wildman–Crippen MR) is 70.6 cm³/mol. The van der Waals surface area contributed by atoms with Crippen molar-refractivity contribution in [2.75, 3.05) is 6.61 Å². The lowest BCUT2D eigenvalue weighted by molar-refractivity contribution is 0.280. The Bertz CT molecular complexity index is 331. The molecule has 0 aromatic carbocycles. The molecule has 0 saturated carbocycles. The number of halogens is 1. The van der Waals surface area contributed by atoms with Crippen LogP contribution in [0.2, 0.25) is 0 Å². The molecule has 0 N–H and O–H groups in total. The number of hydrogen-bond acceptors (Lipinski definition) is 3. The van der Waals surface area contributed by atoms with E-state index in [2.05, 4.69) is 16.9 Å². The summed E-state index contributed by atoms with van der Waals surface area (Å²) in [6.07, 6.45) is 7.88. The van der Waals surface area contributed by atoms with Gasteiger partial charge < -0.3 is 4.74 Å². The lowest BCUT2D eigenvalue weighted by atomic mass is 10.2. The number of rotatable bonds is 8. The number of ether oxygens (including phenoxy) is 1. The predicted octanol–water partition coefficient (Wildman–Crippen LogP) is 3.87. The molecule has 1 aromatic rings. The summed E-state index contributed by atoms with van der Waals surface area (Å²) in [5.41, 5.74) is 1.86. The average molecular weight is 257 g/mol. The van der Waals surface area contributed by atoms with Gasteiger partial charge in [-0.2, -0.15) is 0 Å². The number of nitrogens with zero attached hydrogens (tertiary/aromatic N) is 2. The zero-order chi connectivity index (χ0) is 12.5. The number of aromatic nitrogens is 2. The fourth-order valence-corrected chi connectivity index (χ4v) is 1.80. The summed E-state index contributed by atoms with van der Waals surface area (Å²) in [6, 6.07) is 0.465. The van der Waals surface area contributed by atoms with Crippen LogP contribution in [-0.2, 0) is 5.88 Å². The van der Waals surface area contributed by atoms with Crippen LogP contribution in [0.4, 0.5) is 0 Å². The largest absolute Gasteiger partial charge is 0.463 e. The quantitative estimate of drug-likeness (QED) is 0.523. The zero-order valence-corrected chi connectivity index (χ0v) is 11.5. The van der Waals surface area contributed by atoms with Gasteiger partial charge in [0.25, 0.3) is 0 Å². The van der Waals surface area contributed by atoms with E-state index < -0.39 is 0 Å². The van der Waals surface area contributed by atoms with Gasteiger partial charge in [-0.3, -0.25) is 0 Å². The lowest BCUT2D eigenvalue weighted by Crippen LogP contribution is -2.03. The van der Waals surface area contributed by atoms with E-state index in [0.717, 1.165) is 17.7 Å². The molecule has 3 nitrogen and oxygen atoms in total. The van der Waals surface area contributed by atoms with E-state index in [9.17, 15) is 0 Å². The third kappa shape index (κ3) is 5.35. The standard InChI is InChI=1S/C13H21ClN2O/c1-3-4-5-6-7-8-17-13-15-10-12(9-14)11(2)16-13/h10H,3-9H2,1-2H3. The van der Waals surface area contributed by atoms with E-state index in [0.29, 0.717) is 18.5 Å². The maximum atomic E-state index is 5.74.